The van der Waals surface area contributed by atoms with Crippen LogP contribution in [0.3, 0.4) is 0 Å². The van der Waals surface area contributed by atoms with Crippen molar-refractivity contribution in [1.29, 1.82) is 0 Å². The van der Waals surface area contributed by atoms with Gasteiger partial charge in [0.1, 0.15) is 10.8 Å². The maximum Gasteiger partial charge on any atom is 0.136 e. The number of aromatic nitrogens is 1. The minimum absolute atomic E-state index is 0.387. The minimum Gasteiger partial charge on any atom is -0.389 e. The summed E-state index contributed by atoms with van der Waals surface area (Å²) in [6.45, 7) is 4.33. The van der Waals surface area contributed by atoms with Gasteiger partial charge in [0.25, 0.3) is 0 Å². The molecule has 1 aromatic rings. The van der Waals surface area contributed by atoms with Gasteiger partial charge >= 0.3 is 0 Å². The fourth-order valence-electron chi connectivity index (χ4n) is 1.54. The van der Waals surface area contributed by atoms with E-state index in [9.17, 15) is 0 Å². The van der Waals surface area contributed by atoms with Crippen molar-refractivity contribution in [3.8, 4) is 0 Å². The number of hydrogen-bond acceptors (Lipinski definition) is 3. The Morgan fingerprint density at radius 3 is 3.00 bits per heavy atom. The molecule has 0 radical (unpaired) electrons. The lowest BCUT2D eigenvalue weighted by Crippen LogP contribution is -2.20. The summed E-state index contributed by atoms with van der Waals surface area (Å²) in [6, 6.07) is 4.13. The molecule has 4 heteroatoms. The Kier molecular flexibility index (Phi) is 5.19. The summed E-state index contributed by atoms with van der Waals surface area (Å²) in [5.74, 6) is 0.790. The highest BCUT2D eigenvalue weighted by Crippen LogP contribution is 2.14. The van der Waals surface area contributed by atoms with E-state index in [2.05, 4.69) is 24.1 Å². The predicted molar refractivity (Wildman–Crippen MR) is 72.7 cm³/mol. The number of thiocarbonyl (C=S) groups is 1. The molecule has 0 aliphatic heterocycles. The van der Waals surface area contributed by atoms with Crippen LogP contribution < -0.4 is 11.1 Å². The van der Waals surface area contributed by atoms with Crippen molar-refractivity contribution in [3.05, 3.63) is 23.9 Å². The molecule has 0 amide bonds. The first-order chi connectivity index (χ1) is 7.65. The van der Waals surface area contributed by atoms with Gasteiger partial charge in [-0.3, -0.25) is 0 Å². The molecular formula is C12H19N3S. The highest BCUT2D eigenvalue weighted by atomic mass is 32.1. The largest absolute Gasteiger partial charge is 0.389 e. The summed E-state index contributed by atoms with van der Waals surface area (Å²) in [5, 5.41) is 3.35. The molecule has 0 fully saturated rings. The molecule has 0 bridgehead atoms. The maximum absolute atomic E-state index is 5.64. The smallest absolute Gasteiger partial charge is 0.136 e. The normalized spacial score (nSPS) is 12.1. The van der Waals surface area contributed by atoms with E-state index in [0.29, 0.717) is 11.0 Å². The number of unbranched alkanes of at least 4 members (excludes halogenated alkanes) is 1. The van der Waals surface area contributed by atoms with Crippen molar-refractivity contribution >= 4 is 23.0 Å². The Bertz CT molecular complexity index is 352. The summed E-state index contributed by atoms with van der Waals surface area (Å²) in [5.41, 5.74) is 6.46. The molecular weight excluding hydrogens is 218 g/mol. The maximum atomic E-state index is 5.64. The van der Waals surface area contributed by atoms with E-state index in [1.807, 2.05) is 12.1 Å². The first-order valence-electron chi connectivity index (χ1n) is 5.66. The molecule has 88 valence electrons. The minimum atomic E-state index is 0.387. The summed E-state index contributed by atoms with van der Waals surface area (Å²) < 4.78 is 0. The van der Waals surface area contributed by atoms with Crippen LogP contribution in [0.5, 0.6) is 0 Å². The van der Waals surface area contributed by atoms with Gasteiger partial charge in [-0.15, -0.1) is 0 Å². The van der Waals surface area contributed by atoms with E-state index < -0.39 is 0 Å². The van der Waals surface area contributed by atoms with Crippen LogP contribution in [-0.2, 0) is 0 Å². The Labute approximate surface area is 102 Å². The number of nitrogens with two attached hydrogens (primary N) is 1. The molecule has 1 unspecified atom stereocenters. The molecule has 0 saturated heterocycles. The Morgan fingerprint density at radius 2 is 2.38 bits per heavy atom. The van der Waals surface area contributed by atoms with Crippen molar-refractivity contribution in [3.63, 3.8) is 0 Å². The van der Waals surface area contributed by atoms with Crippen molar-refractivity contribution in [2.45, 2.75) is 39.2 Å². The Morgan fingerprint density at radius 1 is 1.62 bits per heavy atom. The molecule has 1 atom stereocenters. The monoisotopic (exact) mass is 237 g/mol. The third-order valence-corrected chi connectivity index (χ3v) is 2.67. The average molecular weight is 237 g/mol. The van der Waals surface area contributed by atoms with E-state index in [-0.39, 0.29) is 0 Å². The van der Waals surface area contributed by atoms with Gasteiger partial charge in [0.2, 0.25) is 0 Å². The first-order valence-corrected chi connectivity index (χ1v) is 6.07. The number of anilines is 1. The fraction of sp³-hybridized carbons (Fsp3) is 0.500. The molecule has 0 saturated carbocycles. The van der Waals surface area contributed by atoms with Gasteiger partial charge in [-0.2, -0.15) is 0 Å². The van der Waals surface area contributed by atoms with Crippen molar-refractivity contribution in [2.24, 2.45) is 5.73 Å². The number of pyridine rings is 1. The van der Waals surface area contributed by atoms with Crippen molar-refractivity contribution in [2.75, 3.05) is 5.32 Å². The van der Waals surface area contributed by atoms with E-state index in [0.717, 1.165) is 17.8 Å². The zero-order valence-electron chi connectivity index (χ0n) is 9.86. The SMILES string of the molecule is CCCCC(C)Nc1ncccc1C(N)=S. The van der Waals surface area contributed by atoms with Gasteiger partial charge in [-0.1, -0.05) is 32.0 Å². The lowest BCUT2D eigenvalue weighted by atomic mass is 10.1. The summed E-state index contributed by atoms with van der Waals surface area (Å²) in [7, 11) is 0. The van der Waals surface area contributed by atoms with E-state index in [1.54, 1.807) is 6.20 Å². The van der Waals surface area contributed by atoms with Gasteiger partial charge in [0, 0.05) is 12.2 Å². The van der Waals surface area contributed by atoms with Crippen LogP contribution in [0.4, 0.5) is 5.82 Å². The second-order valence-corrected chi connectivity index (χ2v) is 4.39. The second-order valence-electron chi connectivity index (χ2n) is 3.95. The molecule has 3 nitrogen and oxygen atoms in total. The molecule has 1 rings (SSSR count). The van der Waals surface area contributed by atoms with Crippen LogP contribution in [0.15, 0.2) is 18.3 Å². The number of nitrogens with zero attached hydrogens (tertiary/aromatic N) is 1. The standard InChI is InChI=1S/C12H19N3S/c1-3-4-6-9(2)15-12-10(11(13)16)7-5-8-14-12/h5,7-9H,3-4,6H2,1-2H3,(H2,13,16)(H,14,15). The molecule has 3 N–H and O–H groups in total. The number of rotatable bonds is 6. The quantitative estimate of drug-likeness (QED) is 0.747. The third kappa shape index (κ3) is 3.77. The van der Waals surface area contributed by atoms with Gasteiger partial charge in [-0.25, -0.2) is 4.98 Å². The number of hydrogen-bond donors (Lipinski definition) is 2. The summed E-state index contributed by atoms with van der Waals surface area (Å²) in [6.07, 6.45) is 5.29. The lowest BCUT2D eigenvalue weighted by molar-refractivity contribution is 0.643. The van der Waals surface area contributed by atoms with Crippen LogP contribution in [0.25, 0.3) is 0 Å². The second kappa shape index (κ2) is 6.43. The van der Waals surface area contributed by atoms with E-state index in [1.165, 1.54) is 12.8 Å². The zero-order valence-corrected chi connectivity index (χ0v) is 10.7. The fourth-order valence-corrected chi connectivity index (χ4v) is 1.70. The van der Waals surface area contributed by atoms with Gasteiger partial charge in [0.05, 0.1) is 5.56 Å². The summed E-state index contributed by atoms with van der Waals surface area (Å²) >= 11 is 4.99. The zero-order chi connectivity index (χ0) is 12.0. The number of nitrogens with one attached hydrogen (secondary N) is 1. The first kappa shape index (κ1) is 12.9. The van der Waals surface area contributed by atoms with Crippen LogP contribution in [-0.4, -0.2) is 16.0 Å². The topological polar surface area (TPSA) is 50.9 Å². The Hall–Kier alpha value is -1.16. The van der Waals surface area contributed by atoms with Crippen molar-refractivity contribution < 1.29 is 0 Å². The van der Waals surface area contributed by atoms with Gasteiger partial charge in [-0.05, 0) is 25.5 Å². The molecule has 0 aliphatic carbocycles. The van der Waals surface area contributed by atoms with E-state index >= 15 is 0 Å². The van der Waals surface area contributed by atoms with Gasteiger partial charge < -0.3 is 11.1 Å². The van der Waals surface area contributed by atoms with Gasteiger partial charge in [0.15, 0.2) is 0 Å². The average Bonchev–Trinajstić information content (AvgIpc) is 2.27. The van der Waals surface area contributed by atoms with Crippen LogP contribution in [0.1, 0.15) is 38.7 Å². The van der Waals surface area contributed by atoms with Crippen LogP contribution in [0.2, 0.25) is 0 Å². The highest BCUT2D eigenvalue weighted by molar-refractivity contribution is 7.80. The molecule has 16 heavy (non-hydrogen) atoms. The van der Waals surface area contributed by atoms with Crippen molar-refractivity contribution in [1.82, 2.24) is 4.98 Å². The highest BCUT2D eigenvalue weighted by Gasteiger charge is 2.08. The third-order valence-electron chi connectivity index (χ3n) is 2.45. The molecule has 1 aromatic heterocycles. The molecule has 1 heterocycles. The lowest BCUT2D eigenvalue weighted by Gasteiger charge is -2.16. The summed E-state index contributed by atoms with van der Waals surface area (Å²) in [4.78, 5) is 4.66. The van der Waals surface area contributed by atoms with Crippen LogP contribution in [0, 0.1) is 0 Å². The van der Waals surface area contributed by atoms with E-state index in [4.69, 9.17) is 18.0 Å². The van der Waals surface area contributed by atoms with Crippen LogP contribution >= 0.6 is 12.2 Å². The Balaban J connectivity index is 2.69. The predicted octanol–water partition coefficient (Wildman–Crippen LogP) is 2.71. The molecule has 0 aromatic carbocycles. The molecule has 0 spiro atoms. The molecule has 0 aliphatic rings.